The van der Waals surface area contributed by atoms with Gasteiger partial charge in [0.2, 0.25) is 0 Å². The zero-order valence-corrected chi connectivity index (χ0v) is 13.4. The molecule has 0 atom stereocenters. The summed E-state index contributed by atoms with van der Waals surface area (Å²) in [6.45, 7) is 6.01. The van der Waals surface area contributed by atoms with Gasteiger partial charge in [0.05, 0.1) is 39.1 Å². The van der Waals surface area contributed by atoms with E-state index in [2.05, 4.69) is 11.0 Å². The summed E-state index contributed by atoms with van der Waals surface area (Å²) in [5.41, 5.74) is 2.45. The number of ether oxygens (including phenoxy) is 3. The van der Waals surface area contributed by atoms with E-state index >= 15 is 0 Å². The summed E-state index contributed by atoms with van der Waals surface area (Å²) in [6.07, 6.45) is 1.96. The maximum Gasteiger partial charge on any atom is 0.163 e. The molecular formula is C17H22N2O3. The van der Waals surface area contributed by atoms with Crippen LogP contribution < -0.4 is 9.47 Å². The Bertz CT molecular complexity index is 584. The van der Waals surface area contributed by atoms with Crippen molar-refractivity contribution in [1.82, 2.24) is 4.90 Å². The van der Waals surface area contributed by atoms with Gasteiger partial charge in [-0.1, -0.05) is 6.08 Å². The first-order valence-corrected chi connectivity index (χ1v) is 7.33. The Balaban J connectivity index is 2.23. The van der Waals surface area contributed by atoms with Gasteiger partial charge in [-0.25, -0.2) is 0 Å². The Morgan fingerprint density at radius 1 is 1.32 bits per heavy atom. The number of nitriles is 1. The average molecular weight is 302 g/mol. The molecule has 2 rings (SSSR count). The number of benzene rings is 1. The van der Waals surface area contributed by atoms with Gasteiger partial charge in [0.1, 0.15) is 0 Å². The van der Waals surface area contributed by atoms with Crippen molar-refractivity contribution in [3.8, 4) is 17.6 Å². The predicted octanol–water partition coefficient (Wildman–Crippen LogP) is 2.25. The molecule has 22 heavy (non-hydrogen) atoms. The van der Waals surface area contributed by atoms with E-state index in [0.717, 1.165) is 44.0 Å². The standard InChI is InChI=1S/C17H22N2O3/c1-13-10-15(11-16(20-2)17(13)21-3)14(12-18)4-5-19-6-8-22-9-7-19/h4,10-11H,5-9H2,1-3H3/b14-4+. The molecule has 1 saturated heterocycles. The maximum atomic E-state index is 9.46. The van der Waals surface area contributed by atoms with E-state index in [-0.39, 0.29) is 0 Å². The molecule has 5 nitrogen and oxygen atoms in total. The number of methoxy groups -OCH3 is 2. The van der Waals surface area contributed by atoms with Crippen molar-refractivity contribution in [2.24, 2.45) is 0 Å². The summed E-state index contributed by atoms with van der Waals surface area (Å²) in [6, 6.07) is 6.08. The van der Waals surface area contributed by atoms with Crippen molar-refractivity contribution in [2.45, 2.75) is 6.92 Å². The van der Waals surface area contributed by atoms with E-state index in [1.54, 1.807) is 14.2 Å². The second-order valence-corrected chi connectivity index (χ2v) is 5.17. The lowest BCUT2D eigenvalue weighted by Crippen LogP contribution is -2.36. The highest BCUT2D eigenvalue weighted by Gasteiger charge is 2.13. The van der Waals surface area contributed by atoms with Gasteiger partial charge in [-0.15, -0.1) is 0 Å². The average Bonchev–Trinajstić information content (AvgIpc) is 2.55. The monoisotopic (exact) mass is 302 g/mol. The molecule has 0 radical (unpaired) electrons. The zero-order valence-electron chi connectivity index (χ0n) is 13.4. The van der Waals surface area contributed by atoms with Crippen LogP contribution >= 0.6 is 0 Å². The molecule has 1 aromatic rings. The molecule has 0 spiro atoms. The van der Waals surface area contributed by atoms with Gasteiger partial charge in [-0.3, -0.25) is 4.90 Å². The predicted molar refractivity (Wildman–Crippen MR) is 85.1 cm³/mol. The van der Waals surface area contributed by atoms with E-state index < -0.39 is 0 Å². The van der Waals surface area contributed by atoms with E-state index in [4.69, 9.17) is 14.2 Å². The molecule has 0 aliphatic carbocycles. The van der Waals surface area contributed by atoms with Crippen LogP contribution in [0.25, 0.3) is 5.57 Å². The maximum absolute atomic E-state index is 9.46. The van der Waals surface area contributed by atoms with Gasteiger partial charge < -0.3 is 14.2 Å². The normalized spacial score (nSPS) is 16.2. The summed E-state index contributed by atoms with van der Waals surface area (Å²) in [4.78, 5) is 2.27. The molecule has 118 valence electrons. The highest BCUT2D eigenvalue weighted by molar-refractivity contribution is 5.78. The molecule has 0 bridgehead atoms. The molecule has 1 fully saturated rings. The highest BCUT2D eigenvalue weighted by Crippen LogP contribution is 2.34. The third-order valence-electron chi connectivity index (χ3n) is 3.75. The lowest BCUT2D eigenvalue weighted by atomic mass is 10.0. The summed E-state index contributed by atoms with van der Waals surface area (Å²) in [7, 11) is 3.22. The van der Waals surface area contributed by atoms with Gasteiger partial charge in [0.25, 0.3) is 0 Å². The van der Waals surface area contributed by atoms with Crippen LogP contribution in [0.1, 0.15) is 11.1 Å². The van der Waals surface area contributed by atoms with E-state index in [1.165, 1.54) is 0 Å². The Labute approximate surface area is 131 Å². The van der Waals surface area contributed by atoms with Gasteiger partial charge in [0, 0.05) is 19.6 Å². The largest absolute Gasteiger partial charge is 0.493 e. The molecule has 0 N–H and O–H groups in total. The van der Waals surface area contributed by atoms with Crippen LogP contribution in [0, 0.1) is 18.3 Å². The fraction of sp³-hybridized carbons (Fsp3) is 0.471. The number of hydrogen-bond acceptors (Lipinski definition) is 5. The van der Waals surface area contributed by atoms with Gasteiger partial charge in [-0.05, 0) is 30.2 Å². The second kappa shape index (κ2) is 7.83. The summed E-state index contributed by atoms with van der Waals surface area (Å²) < 4.78 is 16.0. The first-order chi connectivity index (χ1) is 10.7. The third-order valence-corrected chi connectivity index (χ3v) is 3.75. The first kappa shape index (κ1) is 16.3. The Morgan fingerprint density at radius 3 is 2.64 bits per heavy atom. The van der Waals surface area contributed by atoms with Gasteiger partial charge in [-0.2, -0.15) is 5.26 Å². The van der Waals surface area contributed by atoms with Crippen LogP contribution in [0.2, 0.25) is 0 Å². The lowest BCUT2D eigenvalue weighted by molar-refractivity contribution is 0.0435. The van der Waals surface area contributed by atoms with Crippen LogP contribution in [0.5, 0.6) is 11.5 Å². The lowest BCUT2D eigenvalue weighted by Gasteiger charge is -2.25. The Morgan fingerprint density at radius 2 is 2.05 bits per heavy atom. The van der Waals surface area contributed by atoms with E-state index in [0.29, 0.717) is 17.1 Å². The van der Waals surface area contributed by atoms with Crippen LogP contribution in [-0.4, -0.2) is 52.0 Å². The molecule has 1 aliphatic rings. The molecule has 0 unspecified atom stereocenters. The highest BCUT2D eigenvalue weighted by atomic mass is 16.5. The molecular weight excluding hydrogens is 280 g/mol. The fourth-order valence-electron chi connectivity index (χ4n) is 2.54. The first-order valence-electron chi connectivity index (χ1n) is 7.33. The van der Waals surface area contributed by atoms with Crippen molar-refractivity contribution in [3.63, 3.8) is 0 Å². The van der Waals surface area contributed by atoms with Crippen molar-refractivity contribution >= 4 is 5.57 Å². The van der Waals surface area contributed by atoms with Gasteiger partial charge >= 0.3 is 0 Å². The number of allylic oxidation sites excluding steroid dienone is 1. The Hall–Kier alpha value is -2.03. The van der Waals surface area contributed by atoms with Crippen molar-refractivity contribution in [1.29, 1.82) is 5.26 Å². The van der Waals surface area contributed by atoms with Crippen LogP contribution in [0.4, 0.5) is 0 Å². The molecule has 0 aromatic heterocycles. The number of nitrogens with zero attached hydrogens (tertiary/aromatic N) is 2. The molecule has 1 heterocycles. The van der Waals surface area contributed by atoms with E-state index in [1.807, 2.05) is 25.1 Å². The second-order valence-electron chi connectivity index (χ2n) is 5.17. The summed E-state index contributed by atoms with van der Waals surface area (Å²) >= 11 is 0. The number of hydrogen-bond donors (Lipinski definition) is 0. The van der Waals surface area contributed by atoms with Crippen LogP contribution in [-0.2, 0) is 4.74 Å². The third kappa shape index (κ3) is 3.79. The molecule has 0 saturated carbocycles. The van der Waals surface area contributed by atoms with Crippen molar-refractivity contribution in [2.75, 3.05) is 47.1 Å². The molecule has 5 heteroatoms. The number of rotatable bonds is 5. The van der Waals surface area contributed by atoms with Crippen molar-refractivity contribution < 1.29 is 14.2 Å². The SMILES string of the molecule is COc1cc(/C(C#N)=C/CN2CCOCC2)cc(C)c1OC. The molecule has 1 aliphatic heterocycles. The number of morpholine rings is 1. The minimum absolute atomic E-state index is 0.644. The quantitative estimate of drug-likeness (QED) is 0.781. The Kier molecular flexibility index (Phi) is 5.82. The van der Waals surface area contributed by atoms with Crippen molar-refractivity contribution in [3.05, 3.63) is 29.3 Å². The fourth-order valence-corrected chi connectivity index (χ4v) is 2.54. The number of aryl methyl sites for hydroxylation is 1. The minimum Gasteiger partial charge on any atom is -0.493 e. The van der Waals surface area contributed by atoms with Crippen LogP contribution in [0.15, 0.2) is 18.2 Å². The minimum atomic E-state index is 0.644. The smallest absolute Gasteiger partial charge is 0.163 e. The van der Waals surface area contributed by atoms with E-state index in [9.17, 15) is 5.26 Å². The summed E-state index contributed by atoms with van der Waals surface area (Å²) in [5.74, 6) is 1.35. The topological polar surface area (TPSA) is 54.7 Å². The summed E-state index contributed by atoms with van der Waals surface area (Å²) in [5, 5.41) is 9.46. The zero-order chi connectivity index (χ0) is 15.9. The molecule has 1 aromatic carbocycles. The van der Waals surface area contributed by atoms with Gasteiger partial charge in [0.15, 0.2) is 11.5 Å². The van der Waals surface area contributed by atoms with Crippen LogP contribution in [0.3, 0.4) is 0 Å². The molecule has 0 amide bonds.